The van der Waals surface area contributed by atoms with Crippen LogP contribution >= 0.6 is 11.6 Å². The summed E-state index contributed by atoms with van der Waals surface area (Å²) in [6.45, 7) is 3.29. The highest BCUT2D eigenvalue weighted by Crippen LogP contribution is 2.50. The van der Waals surface area contributed by atoms with Gasteiger partial charge in [0, 0.05) is 10.4 Å². The van der Waals surface area contributed by atoms with Gasteiger partial charge in [0.1, 0.15) is 0 Å². The van der Waals surface area contributed by atoms with Gasteiger partial charge in [0.25, 0.3) is 0 Å². The van der Waals surface area contributed by atoms with Gasteiger partial charge in [-0.15, -0.1) is 0 Å². The number of hydrogen-bond acceptors (Lipinski definition) is 1. The Hall–Kier alpha value is -0.530. The number of hydrogen-bond donors (Lipinski definition) is 0. The summed E-state index contributed by atoms with van der Waals surface area (Å²) in [6.07, 6.45) is 4.31. The number of ether oxygens (including phenoxy) is 1. The van der Waals surface area contributed by atoms with Gasteiger partial charge in [0.05, 0.1) is 12.7 Å². The van der Waals surface area contributed by atoms with Gasteiger partial charge in [-0.1, -0.05) is 30.7 Å². The lowest BCUT2D eigenvalue weighted by atomic mass is 9.75. The Kier molecular flexibility index (Phi) is 2.49. The largest absolute Gasteiger partial charge is 0.372 e. The molecule has 2 fully saturated rings. The van der Waals surface area contributed by atoms with Gasteiger partial charge in [-0.05, 0) is 42.9 Å². The highest BCUT2D eigenvalue weighted by Gasteiger charge is 2.51. The number of benzene rings is 1. The molecule has 0 radical (unpaired) electrons. The van der Waals surface area contributed by atoms with E-state index in [-0.39, 0.29) is 5.41 Å². The van der Waals surface area contributed by atoms with E-state index >= 15 is 0 Å². The van der Waals surface area contributed by atoms with Crippen molar-refractivity contribution in [2.45, 2.75) is 37.7 Å². The lowest BCUT2D eigenvalue weighted by molar-refractivity contribution is 0.281. The summed E-state index contributed by atoms with van der Waals surface area (Å²) in [4.78, 5) is 0. The van der Waals surface area contributed by atoms with Crippen LogP contribution in [0.3, 0.4) is 0 Å². The molecule has 3 unspecified atom stereocenters. The van der Waals surface area contributed by atoms with Crippen LogP contribution in [0.1, 0.15) is 31.7 Å². The van der Waals surface area contributed by atoms with Gasteiger partial charge in [-0.25, -0.2) is 0 Å². The highest BCUT2D eigenvalue weighted by molar-refractivity contribution is 6.30. The van der Waals surface area contributed by atoms with Gasteiger partial charge in [0.15, 0.2) is 0 Å². The van der Waals surface area contributed by atoms with Crippen LogP contribution < -0.4 is 0 Å². The summed E-state index contributed by atoms with van der Waals surface area (Å²) in [5.74, 6) is 0.819. The van der Waals surface area contributed by atoms with Crippen molar-refractivity contribution in [1.29, 1.82) is 0 Å². The van der Waals surface area contributed by atoms with E-state index < -0.39 is 0 Å². The molecule has 0 amide bonds. The third kappa shape index (κ3) is 1.66. The molecular weight excluding hydrogens is 220 g/mol. The zero-order valence-corrected chi connectivity index (χ0v) is 10.3. The second-order valence-corrected chi connectivity index (χ2v) is 5.77. The molecule has 16 heavy (non-hydrogen) atoms. The van der Waals surface area contributed by atoms with Crippen LogP contribution in [0, 0.1) is 5.92 Å². The number of rotatable bonds is 2. The fraction of sp³-hybridized carbons (Fsp3) is 0.571. The van der Waals surface area contributed by atoms with Crippen molar-refractivity contribution >= 4 is 11.6 Å². The molecule has 2 heteroatoms. The van der Waals surface area contributed by atoms with Crippen molar-refractivity contribution in [2.24, 2.45) is 5.92 Å². The lowest BCUT2D eigenvalue weighted by Crippen LogP contribution is -2.29. The van der Waals surface area contributed by atoms with Crippen LogP contribution in [0.15, 0.2) is 24.3 Å². The molecule has 86 valence electrons. The van der Waals surface area contributed by atoms with Gasteiger partial charge < -0.3 is 4.74 Å². The van der Waals surface area contributed by atoms with Gasteiger partial charge >= 0.3 is 0 Å². The second kappa shape index (κ2) is 3.75. The topological polar surface area (TPSA) is 12.5 Å². The van der Waals surface area contributed by atoms with Crippen molar-refractivity contribution in [3.05, 3.63) is 34.9 Å². The van der Waals surface area contributed by atoms with Crippen molar-refractivity contribution < 1.29 is 4.74 Å². The summed E-state index contributed by atoms with van der Waals surface area (Å²) in [5, 5.41) is 0.821. The average molecular weight is 237 g/mol. The zero-order chi connectivity index (χ0) is 11.2. The van der Waals surface area contributed by atoms with Crippen LogP contribution in [-0.2, 0) is 10.2 Å². The zero-order valence-electron chi connectivity index (χ0n) is 9.58. The minimum Gasteiger partial charge on any atom is -0.372 e. The minimum absolute atomic E-state index is 0.282. The third-order valence-corrected chi connectivity index (χ3v) is 4.42. The molecule has 1 aliphatic carbocycles. The molecule has 0 N–H and O–H groups in total. The molecule has 0 spiro atoms. The van der Waals surface area contributed by atoms with E-state index in [0.717, 1.165) is 17.5 Å². The normalized spacial score (nSPS) is 37.6. The van der Waals surface area contributed by atoms with Gasteiger partial charge in [-0.3, -0.25) is 0 Å². The van der Waals surface area contributed by atoms with Crippen molar-refractivity contribution in [2.75, 3.05) is 6.61 Å². The highest BCUT2D eigenvalue weighted by atomic mass is 35.5. The fourth-order valence-corrected chi connectivity index (χ4v) is 3.35. The fourth-order valence-electron chi connectivity index (χ4n) is 3.22. The van der Waals surface area contributed by atoms with Crippen LogP contribution in [0.5, 0.6) is 0 Å². The summed E-state index contributed by atoms with van der Waals surface area (Å²) in [7, 11) is 0. The molecule has 0 aromatic heterocycles. The average Bonchev–Trinajstić information content (AvgIpc) is 3.05. The number of epoxide rings is 1. The van der Waals surface area contributed by atoms with E-state index in [0.29, 0.717) is 6.10 Å². The molecule has 3 rings (SSSR count). The van der Waals surface area contributed by atoms with Crippen LogP contribution in [0.2, 0.25) is 5.02 Å². The lowest BCUT2D eigenvalue weighted by Gasteiger charge is -2.28. The first-order valence-electron chi connectivity index (χ1n) is 6.08. The predicted octanol–water partition coefficient (Wildman–Crippen LogP) is 3.80. The monoisotopic (exact) mass is 236 g/mol. The molecule has 1 saturated heterocycles. The summed E-state index contributed by atoms with van der Waals surface area (Å²) >= 11 is 5.96. The first-order chi connectivity index (χ1) is 7.71. The standard InChI is InChI=1S/C14H17ClO/c1-10-6-7-14(8-10,13-9-16-13)11-2-4-12(15)5-3-11/h2-5,10,13H,6-9H2,1H3. The molecular formula is C14H17ClO. The number of halogens is 1. The van der Waals surface area contributed by atoms with Crippen molar-refractivity contribution in [3.63, 3.8) is 0 Å². The van der Waals surface area contributed by atoms with Gasteiger partial charge in [0.2, 0.25) is 0 Å². The summed E-state index contributed by atoms with van der Waals surface area (Å²) in [5.41, 5.74) is 1.70. The third-order valence-electron chi connectivity index (χ3n) is 4.16. The first kappa shape index (κ1) is 10.6. The van der Waals surface area contributed by atoms with Gasteiger partial charge in [-0.2, -0.15) is 0 Å². The Bertz CT molecular complexity index is 382. The molecule has 1 aromatic carbocycles. The van der Waals surface area contributed by atoms with E-state index in [1.807, 2.05) is 12.1 Å². The van der Waals surface area contributed by atoms with E-state index in [4.69, 9.17) is 16.3 Å². The molecule has 0 bridgehead atoms. The molecule has 1 saturated carbocycles. The molecule has 1 nitrogen and oxygen atoms in total. The summed E-state index contributed by atoms with van der Waals surface area (Å²) < 4.78 is 5.60. The maximum Gasteiger partial charge on any atom is 0.0906 e. The SMILES string of the molecule is CC1CCC(c2ccc(Cl)cc2)(C2CO2)C1. The Morgan fingerprint density at radius 1 is 1.31 bits per heavy atom. The van der Waals surface area contributed by atoms with Crippen molar-refractivity contribution in [3.8, 4) is 0 Å². The Morgan fingerprint density at radius 2 is 2.00 bits per heavy atom. The van der Waals surface area contributed by atoms with E-state index in [2.05, 4.69) is 19.1 Å². The quantitative estimate of drug-likeness (QED) is 0.712. The molecule has 1 heterocycles. The summed E-state index contributed by atoms with van der Waals surface area (Å²) in [6, 6.07) is 8.37. The smallest absolute Gasteiger partial charge is 0.0906 e. The minimum atomic E-state index is 0.282. The van der Waals surface area contributed by atoms with Crippen LogP contribution in [-0.4, -0.2) is 12.7 Å². The van der Waals surface area contributed by atoms with Crippen LogP contribution in [0.4, 0.5) is 0 Å². The maximum absolute atomic E-state index is 5.96. The molecule has 1 aliphatic heterocycles. The van der Waals surface area contributed by atoms with E-state index in [9.17, 15) is 0 Å². The molecule has 2 aliphatic rings. The second-order valence-electron chi connectivity index (χ2n) is 5.33. The first-order valence-corrected chi connectivity index (χ1v) is 6.46. The Morgan fingerprint density at radius 3 is 2.50 bits per heavy atom. The predicted molar refractivity (Wildman–Crippen MR) is 65.9 cm³/mol. The Labute approximate surface area is 102 Å². The van der Waals surface area contributed by atoms with E-state index in [1.54, 1.807) is 0 Å². The molecule has 1 aromatic rings. The van der Waals surface area contributed by atoms with E-state index in [1.165, 1.54) is 24.8 Å². The maximum atomic E-state index is 5.96. The van der Waals surface area contributed by atoms with Crippen LogP contribution in [0.25, 0.3) is 0 Å². The Balaban J connectivity index is 1.97. The van der Waals surface area contributed by atoms with Crippen molar-refractivity contribution in [1.82, 2.24) is 0 Å². The molecule has 3 atom stereocenters.